The smallest absolute Gasteiger partial charge is 0.327 e. The fourth-order valence-electron chi connectivity index (χ4n) is 2.38. The molecule has 0 spiro atoms. The van der Waals surface area contributed by atoms with Crippen molar-refractivity contribution in [2.75, 3.05) is 18.9 Å². The number of hydrogen-bond donors (Lipinski definition) is 9. The zero-order chi connectivity index (χ0) is 24.0. The molecule has 178 valence electrons. The van der Waals surface area contributed by atoms with E-state index in [2.05, 4.69) is 28.6 Å². The number of amides is 3. The molecule has 31 heavy (non-hydrogen) atoms. The Balaban J connectivity index is 5.13. The van der Waals surface area contributed by atoms with Crippen LogP contribution in [-0.4, -0.2) is 88.1 Å². The molecule has 0 aromatic carbocycles. The quantitative estimate of drug-likeness (QED) is 0.0816. The highest BCUT2D eigenvalue weighted by Gasteiger charge is 2.30. The Morgan fingerprint density at radius 3 is 1.87 bits per heavy atom. The van der Waals surface area contributed by atoms with Crippen LogP contribution in [0.15, 0.2) is 0 Å². The molecule has 0 bridgehead atoms. The van der Waals surface area contributed by atoms with Gasteiger partial charge in [0.2, 0.25) is 17.7 Å². The molecular formula is C17H31N5O8S. The second kappa shape index (κ2) is 15.4. The molecule has 0 saturated heterocycles. The monoisotopic (exact) mass is 465 g/mol. The van der Waals surface area contributed by atoms with Crippen molar-refractivity contribution in [3.63, 3.8) is 0 Å². The van der Waals surface area contributed by atoms with Gasteiger partial charge in [-0.05, 0) is 25.8 Å². The third-order valence-corrected chi connectivity index (χ3v) is 4.56. The highest BCUT2D eigenvalue weighted by molar-refractivity contribution is 7.80. The number of aliphatic carboxylic acids is 2. The molecule has 0 aliphatic carbocycles. The van der Waals surface area contributed by atoms with E-state index in [0.29, 0.717) is 25.8 Å². The van der Waals surface area contributed by atoms with Gasteiger partial charge in [0.1, 0.15) is 18.1 Å². The minimum absolute atomic E-state index is 0.238. The van der Waals surface area contributed by atoms with Crippen molar-refractivity contribution >= 4 is 42.3 Å². The van der Waals surface area contributed by atoms with Crippen LogP contribution in [0.2, 0.25) is 0 Å². The molecule has 4 atom stereocenters. The number of carboxylic acids is 2. The summed E-state index contributed by atoms with van der Waals surface area (Å²) in [4.78, 5) is 58.8. The number of nitrogens with two attached hydrogens (primary N) is 2. The lowest BCUT2D eigenvalue weighted by atomic mass is 10.1. The van der Waals surface area contributed by atoms with Crippen LogP contribution in [0.25, 0.3) is 0 Å². The molecule has 10 N–H and O–H groups in total. The summed E-state index contributed by atoms with van der Waals surface area (Å²) in [5, 5.41) is 33.9. The fourth-order valence-corrected chi connectivity index (χ4v) is 2.63. The van der Waals surface area contributed by atoms with Crippen molar-refractivity contribution in [1.82, 2.24) is 16.0 Å². The molecule has 0 aromatic rings. The van der Waals surface area contributed by atoms with E-state index in [0.717, 1.165) is 0 Å². The lowest BCUT2D eigenvalue weighted by Gasteiger charge is -2.24. The third-order valence-electron chi connectivity index (χ3n) is 4.20. The zero-order valence-corrected chi connectivity index (χ0v) is 17.8. The van der Waals surface area contributed by atoms with E-state index >= 15 is 0 Å². The number of carboxylic acid groups (broad SMARTS) is 2. The molecule has 0 aliphatic rings. The summed E-state index contributed by atoms with van der Waals surface area (Å²) in [6.07, 6.45) is 0.714. The molecule has 0 heterocycles. The number of aliphatic hydroxyl groups is 1. The second-order valence-electron chi connectivity index (χ2n) is 6.71. The molecule has 3 amide bonds. The first-order valence-corrected chi connectivity index (χ1v) is 10.2. The minimum atomic E-state index is -1.45. The van der Waals surface area contributed by atoms with Crippen molar-refractivity contribution in [3.05, 3.63) is 0 Å². The molecule has 0 saturated carbocycles. The maximum atomic E-state index is 12.4. The summed E-state index contributed by atoms with van der Waals surface area (Å²) in [5.41, 5.74) is 11.1. The minimum Gasteiger partial charge on any atom is -0.481 e. The first kappa shape index (κ1) is 28.6. The van der Waals surface area contributed by atoms with Gasteiger partial charge in [0.25, 0.3) is 0 Å². The predicted octanol–water partition coefficient (Wildman–Crippen LogP) is -3.23. The number of carbonyl (C=O) groups excluding carboxylic acids is 3. The van der Waals surface area contributed by atoms with Gasteiger partial charge in [-0.2, -0.15) is 12.6 Å². The van der Waals surface area contributed by atoms with Crippen LogP contribution in [0.1, 0.15) is 32.1 Å². The number of carbonyl (C=O) groups is 5. The van der Waals surface area contributed by atoms with Crippen molar-refractivity contribution in [2.45, 2.75) is 56.3 Å². The van der Waals surface area contributed by atoms with Gasteiger partial charge in [-0.1, -0.05) is 6.42 Å². The van der Waals surface area contributed by atoms with Gasteiger partial charge in [-0.3, -0.25) is 19.2 Å². The van der Waals surface area contributed by atoms with E-state index in [-0.39, 0.29) is 12.2 Å². The average Bonchev–Trinajstić information content (AvgIpc) is 2.72. The summed E-state index contributed by atoms with van der Waals surface area (Å²) in [5.74, 6) is -5.45. The zero-order valence-electron chi connectivity index (χ0n) is 17.0. The van der Waals surface area contributed by atoms with E-state index in [1.54, 1.807) is 0 Å². The van der Waals surface area contributed by atoms with Crippen molar-refractivity contribution in [3.8, 4) is 0 Å². The van der Waals surface area contributed by atoms with Gasteiger partial charge in [0.05, 0.1) is 12.6 Å². The number of nitrogens with one attached hydrogen (secondary N) is 3. The maximum absolute atomic E-state index is 12.4. The van der Waals surface area contributed by atoms with Gasteiger partial charge in [-0.25, -0.2) is 4.79 Å². The van der Waals surface area contributed by atoms with E-state index in [9.17, 15) is 29.1 Å². The molecule has 0 rings (SSSR count). The molecule has 14 heteroatoms. The summed E-state index contributed by atoms with van der Waals surface area (Å²) in [6, 6.07) is -5.17. The fraction of sp³-hybridized carbons (Fsp3) is 0.706. The first-order chi connectivity index (χ1) is 14.6. The predicted molar refractivity (Wildman–Crippen MR) is 112 cm³/mol. The molecule has 0 radical (unpaired) electrons. The molecular weight excluding hydrogens is 434 g/mol. The lowest BCUT2D eigenvalue weighted by molar-refractivity contribution is -0.142. The lowest BCUT2D eigenvalue weighted by Crippen LogP contribution is -2.58. The number of thiol groups is 1. The van der Waals surface area contributed by atoms with Crippen molar-refractivity contribution in [2.24, 2.45) is 11.5 Å². The normalized spacial score (nSPS) is 14.6. The first-order valence-electron chi connectivity index (χ1n) is 9.60. The van der Waals surface area contributed by atoms with Crippen LogP contribution >= 0.6 is 12.6 Å². The van der Waals surface area contributed by atoms with Crippen LogP contribution < -0.4 is 27.4 Å². The van der Waals surface area contributed by atoms with Gasteiger partial charge in [-0.15, -0.1) is 0 Å². The Morgan fingerprint density at radius 1 is 0.839 bits per heavy atom. The van der Waals surface area contributed by atoms with Gasteiger partial charge in [0.15, 0.2) is 0 Å². The highest BCUT2D eigenvalue weighted by Crippen LogP contribution is 2.03. The maximum Gasteiger partial charge on any atom is 0.327 e. The Labute approximate surface area is 184 Å². The molecule has 4 unspecified atom stereocenters. The van der Waals surface area contributed by atoms with E-state index in [1.165, 1.54) is 0 Å². The van der Waals surface area contributed by atoms with Gasteiger partial charge in [0, 0.05) is 12.2 Å². The van der Waals surface area contributed by atoms with Crippen LogP contribution in [0.4, 0.5) is 0 Å². The number of unbranched alkanes of at least 4 members (excludes halogenated alkanes) is 1. The summed E-state index contributed by atoms with van der Waals surface area (Å²) in [6.45, 7) is -0.374. The number of hydrogen-bond acceptors (Lipinski definition) is 9. The highest BCUT2D eigenvalue weighted by atomic mass is 32.1. The van der Waals surface area contributed by atoms with E-state index in [1.807, 2.05) is 0 Å². The average molecular weight is 466 g/mol. The van der Waals surface area contributed by atoms with Gasteiger partial charge < -0.3 is 42.7 Å². The van der Waals surface area contributed by atoms with Crippen LogP contribution in [0.3, 0.4) is 0 Å². The Morgan fingerprint density at radius 2 is 1.39 bits per heavy atom. The Hall–Kier alpha value is -2.42. The van der Waals surface area contributed by atoms with E-state index < -0.39 is 66.9 Å². The van der Waals surface area contributed by atoms with E-state index in [4.69, 9.17) is 21.7 Å². The largest absolute Gasteiger partial charge is 0.481 e. The summed E-state index contributed by atoms with van der Waals surface area (Å²) in [7, 11) is 0. The topological polar surface area (TPSA) is 234 Å². The number of aliphatic hydroxyl groups excluding tert-OH is 1. The Kier molecular flexibility index (Phi) is 14.2. The Bertz CT molecular complexity index is 636. The van der Waals surface area contributed by atoms with Crippen LogP contribution in [0, 0.1) is 0 Å². The summed E-state index contributed by atoms with van der Waals surface area (Å²) < 4.78 is 0. The van der Waals surface area contributed by atoms with Crippen molar-refractivity contribution in [1.29, 1.82) is 0 Å². The second-order valence-corrected chi connectivity index (χ2v) is 7.08. The molecule has 0 aliphatic heterocycles. The molecule has 13 nitrogen and oxygen atoms in total. The summed E-state index contributed by atoms with van der Waals surface area (Å²) >= 11 is 3.81. The van der Waals surface area contributed by atoms with Crippen LogP contribution in [0.5, 0.6) is 0 Å². The van der Waals surface area contributed by atoms with Crippen molar-refractivity contribution < 1.29 is 39.3 Å². The van der Waals surface area contributed by atoms with Crippen LogP contribution in [-0.2, 0) is 24.0 Å². The molecule has 0 aromatic heterocycles. The molecule has 0 fully saturated rings. The number of rotatable bonds is 16. The SMILES string of the molecule is NCCCCC(N)C(=O)NC(CO)C(=O)NC(CCC(=O)O)C(=O)NC(CS)C(=O)O. The van der Waals surface area contributed by atoms with Gasteiger partial charge >= 0.3 is 11.9 Å². The standard InChI is InChI=1S/C17H31N5O8S/c18-6-2-1-3-9(19)14(26)21-11(7-23)16(28)20-10(4-5-13(24)25)15(27)22-12(8-31)17(29)30/h9-12,23,31H,1-8,18-19H2,(H,20,28)(H,21,26)(H,22,27)(H,24,25)(H,29,30). The third kappa shape index (κ3) is 11.5.